The number of ether oxygens (including phenoxy) is 2. The maximum atomic E-state index is 12.3. The lowest BCUT2D eigenvalue weighted by Crippen LogP contribution is -2.27. The largest absolute Gasteiger partial charge is 0.492 e. The topological polar surface area (TPSA) is 50.8 Å². The zero-order valence-corrected chi connectivity index (χ0v) is 25.5. The van der Waals surface area contributed by atoms with Crippen LogP contribution < -0.4 is 14.8 Å². The Balaban J connectivity index is 1.79. The Kier molecular flexibility index (Phi) is 14.0. The maximum Gasteiger partial charge on any atom is 0.412 e. The number of amides is 1. The molecule has 0 bridgehead atoms. The van der Waals surface area contributed by atoms with Gasteiger partial charge in [0.25, 0.3) is 0 Å². The first kappa shape index (κ1) is 32.0. The standard InChI is InChI=1S/C36H48N2O3/c1-5-9-10-14-25-37-36(39)41-34-23-19-32(20-24-34)35(30(6-2)28-29-15-12-11-13-16-29)31-17-21-33(22-18-31)40-27-26-38(7-3)8-4/h11-13,15-24H,5-10,14,25-28H2,1-4H3,(H,37,39)/b35-30-. The van der Waals surface area contributed by atoms with Crippen molar-refractivity contribution in [2.75, 3.05) is 32.8 Å². The van der Waals surface area contributed by atoms with E-state index in [1.54, 1.807) is 0 Å². The lowest BCUT2D eigenvalue weighted by molar-refractivity contribution is 0.200. The first-order valence-corrected chi connectivity index (χ1v) is 15.3. The molecule has 0 saturated carbocycles. The molecule has 0 saturated heterocycles. The van der Waals surface area contributed by atoms with Gasteiger partial charge in [0.05, 0.1) is 0 Å². The Morgan fingerprint density at radius 3 is 1.98 bits per heavy atom. The number of carbonyl (C=O) groups is 1. The summed E-state index contributed by atoms with van der Waals surface area (Å²) in [6.07, 6.45) is 5.83. The number of likely N-dealkylation sites (N-methyl/N-ethyl adjacent to an activating group) is 1. The summed E-state index contributed by atoms with van der Waals surface area (Å²) in [4.78, 5) is 14.6. The molecule has 1 N–H and O–H groups in total. The molecule has 0 radical (unpaired) electrons. The molecule has 5 heteroatoms. The molecular formula is C36H48N2O3. The van der Waals surface area contributed by atoms with Gasteiger partial charge in [-0.3, -0.25) is 0 Å². The number of carbonyl (C=O) groups excluding carboxylic acids is 1. The molecule has 0 fully saturated rings. The molecule has 0 atom stereocenters. The van der Waals surface area contributed by atoms with Crippen LogP contribution in [-0.2, 0) is 6.42 Å². The number of benzene rings is 3. The second kappa shape index (κ2) is 18.0. The van der Waals surface area contributed by atoms with Crippen LogP contribution in [0.3, 0.4) is 0 Å². The van der Waals surface area contributed by atoms with E-state index in [2.05, 4.69) is 92.5 Å². The van der Waals surface area contributed by atoms with Gasteiger partial charge in [-0.05, 0) is 78.9 Å². The zero-order chi connectivity index (χ0) is 29.3. The van der Waals surface area contributed by atoms with Crippen LogP contribution in [-0.4, -0.2) is 43.8 Å². The summed E-state index contributed by atoms with van der Waals surface area (Å²) in [6.45, 7) is 13.0. The predicted molar refractivity (Wildman–Crippen MR) is 171 cm³/mol. The van der Waals surface area contributed by atoms with E-state index in [0.717, 1.165) is 62.2 Å². The molecule has 1 amide bonds. The molecule has 3 aromatic carbocycles. The molecule has 0 aliphatic rings. The highest BCUT2D eigenvalue weighted by Gasteiger charge is 2.14. The van der Waals surface area contributed by atoms with Gasteiger partial charge < -0.3 is 19.7 Å². The van der Waals surface area contributed by atoms with Gasteiger partial charge in [-0.2, -0.15) is 0 Å². The Hall–Kier alpha value is -3.57. The molecule has 0 aliphatic heterocycles. The molecule has 0 unspecified atom stereocenters. The fourth-order valence-corrected chi connectivity index (χ4v) is 4.93. The van der Waals surface area contributed by atoms with Gasteiger partial charge in [0.1, 0.15) is 18.1 Å². The minimum Gasteiger partial charge on any atom is -0.492 e. The molecule has 41 heavy (non-hydrogen) atoms. The summed E-state index contributed by atoms with van der Waals surface area (Å²) in [7, 11) is 0. The van der Waals surface area contributed by atoms with E-state index in [4.69, 9.17) is 9.47 Å². The smallest absolute Gasteiger partial charge is 0.412 e. The van der Waals surface area contributed by atoms with Crippen LogP contribution in [0.15, 0.2) is 84.4 Å². The first-order chi connectivity index (χ1) is 20.1. The Bertz CT molecular complexity index is 1180. The van der Waals surface area contributed by atoms with Crippen molar-refractivity contribution in [3.05, 3.63) is 101 Å². The molecule has 0 heterocycles. The van der Waals surface area contributed by atoms with E-state index in [-0.39, 0.29) is 0 Å². The van der Waals surface area contributed by atoms with Crippen molar-refractivity contribution >= 4 is 11.7 Å². The fraction of sp³-hybridized carbons (Fsp3) is 0.417. The maximum absolute atomic E-state index is 12.3. The van der Waals surface area contributed by atoms with Gasteiger partial charge in [-0.1, -0.05) is 107 Å². The molecule has 3 rings (SSSR count). The van der Waals surface area contributed by atoms with Gasteiger partial charge in [0.2, 0.25) is 0 Å². The number of unbranched alkanes of at least 4 members (excludes halogenated alkanes) is 3. The molecular weight excluding hydrogens is 508 g/mol. The lowest BCUT2D eigenvalue weighted by Gasteiger charge is -2.19. The molecule has 3 aromatic rings. The quantitative estimate of drug-likeness (QED) is 0.169. The van der Waals surface area contributed by atoms with E-state index in [1.165, 1.54) is 29.6 Å². The summed E-state index contributed by atoms with van der Waals surface area (Å²) in [5.41, 5.74) is 6.09. The number of nitrogens with zero attached hydrogens (tertiary/aromatic N) is 1. The molecule has 0 aromatic heterocycles. The number of rotatable bonds is 17. The van der Waals surface area contributed by atoms with Crippen LogP contribution in [0, 0.1) is 0 Å². The summed E-state index contributed by atoms with van der Waals surface area (Å²) < 4.78 is 11.6. The highest BCUT2D eigenvalue weighted by Crippen LogP contribution is 2.32. The highest BCUT2D eigenvalue weighted by molar-refractivity contribution is 5.83. The van der Waals surface area contributed by atoms with Crippen molar-refractivity contribution in [3.63, 3.8) is 0 Å². The fourth-order valence-electron chi connectivity index (χ4n) is 4.93. The second-order valence-corrected chi connectivity index (χ2v) is 10.3. The van der Waals surface area contributed by atoms with Crippen LogP contribution in [0.1, 0.15) is 76.5 Å². The summed E-state index contributed by atoms with van der Waals surface area (Å²) in [5.74, 6) is 1.42. The van der Waals surface area contributed by atoms with Gasteiger partial charge in [-0.25, -0.2) is 4.79 Å². The number of nitrogens with one attached hydrogen (secondary N) is 1. The van der Waals surface area contributed by atoms with E-state index in [0.29, 0.717) is 18.9 Å². The van der Waals surface area contributed by atoms with Crippen molar-refractivity contribution < 1.29 is 14.3 Å². The second-order valence-electron chi connectivity index (χ2n) is 10.3. The van der Waals surface area contributed by atoms with Gasteiger partial charge in [-0.15, -0.1) is 0 Å². The van der Waals surface area contributed by atoms with Crippen molar-refractivity contribution in [2.45, 2.75) is 66.2 Å². The van der Waals surface area contributed by atoms with E-state index < -0.39 is 6.09 Å². The van der Waals surface area contributed by atoms with Crippen molar-refractivity contribution in [3.8, 4) is 11.5 Å². The van der Waals surface area contributed by atoms with Crippen molar-refractivity contribution in [1.82, 2.24) is 10.2 Å². The first-order valence-electron chi connectivity index (χ1n) is 15.3. The Labute approximate surface area is 247 Å². The number of allylic oxidation sites excluding steroid dienone is 1. The third-order valence-electron chi connectivity index (χ3n) is 7.41. The SMILES string of the molecule is CCCCCCNC(=O)Oc1ccc(/C(=C(/CC)Cc2ccccc2)c2ccc(OCCN(CC)CC)cc2)cc1. The van der Waals surface area contributed by atoms with Crippen LogP contribution in [0.5, 0.6) is 11.5 Å². The normalized spacial score (nSPS) is 11.7. The average molecular weight is 557 g/mol. The predicted octanol–water partition coefficient (Wildman–Crippen LogP) is 8.53. The lowest BCUT2D eigenvalue weighted by atomic mass is 9.88. The minimum atomic E-state index is -0.403. The number of hydrogen-bond acceptors (Lipinski definition) is 4. The molecule has 0 aliphatic carbocycles. The highest BCUT2D eigenvalue weighted by atomic mass is 16.6. The summed E-state index contributed by atoms with van der Waals surface area (Å²) in [5, 5.41) is 2.86. The summed E-state index contributed by atoms with van der Waals surface area (Å²) >= 11 is 0. The third kappa shape index (κ3) is 10.7. The van der Waals surface area contributed by atoms with Crippen LogP contribution in [0.4, 0.5) is 4.79 Å². The van der Waals surface area contributed by atoms with Crippen LogP contribution >= 0.6 is 0 Å². The molecule has 0 spiro atoms. The van der Waals surface area contributed by atoms with Crippen LogP contribution in [0.2, 0.25) is 0 Å². The van der Waals surface area contributed by atoms with Crippen molar-refractivity contribution in [2.24, 2.45) is 0 Å². The summed E-state index contributed by atoms with van der Waals surface area (Å²) in [6, 6.07) is 26.9. The van der Waals surface area contributed by atoms with E-state index in [9.17, 15) is 4.79 Å². The monoisotopic (exact) mass is 556 g/mol. The molecule has 220 valence electrons. The zero-order valence-electron chi connectivity index (χ0n) is 25.5. The van der Waals surface area contributed by atoms with Gasteiger partial charge in [0, 0.05) is 13.1 Å². The van der Waals surface area contributed by atoms with Crippen molar-refractivity contribution in [1.29, 1.82) is 0 Å². The number of hydrogen-bond donors (Lipinski definition) is 1. The Morgan fingerprint density at radius 2 is 1.39 bits per heavy atom. The Morgan fingerprint density at radius 1 is 0.756 bits per heavy atom. The third-order valence-corrected chi connectivity index (χ3v) is 7.41. The van der Waals surface area contributed by atoms with E-state index >= 15 is 0 Å². The van der Waals surface area contributed by atoms with Gasteiger partial charge in [0.15, 0.2) is 0 Å². The van der Waals surface area contributed by atoms with Gasteiger partial charge >= 0.3 is 6.09 Å². The van der Waals surface area contributed by atoms with Crippen LogP contribution in [0.25, 0.3) is 5.57 Å². The average Bonchev–Trinajstić information content (AvgIpc) is 3.01. The van der Waals surface area contributed by atoms with E-state index in [1.807, 2.05) is 24.3 Å². The molecule has 5 nitrogen and oxygen atoms in total. The minimum absolute atomic E-state index is 0.403.